The molecule has 1 unspecified atom stereocenters. The molecule has 3 N–H and O–H groups in total. The number of amides is 1. The summed E-state index contributed by atoms with van der Waals surface area (Å²) in [4.78, 5) is 11.6. The minimum atomic E-state index is -0.478. The molecule has 88 valence electrons. The molecule has 0 spiro atoms. The van der Waals surface area contributed by atoms with Gasteiger partial charge in [-0.2, -0.15) is 0 Å². The van der Waals surface area contributed by atoms with Crippen molar-refractivity contribution >= 4 is 23.2 Å². The average Bonchev–Trinajstić information content (AvgIpc) is 2.16. The topological polar surface area (TPSA) is 55.1 Å². The Kier molecular flexibility index (Phi) is 4.71. The van der Waals surface area contributed by atoms with Crippen LogP contribution < -0.4 is 11.1 Å². The first kappa shape index (κ1) is 12.9. The van der Waals surface area contributed by atoms with E-state index in [2.05, 4.69) is 5.32 Å². The zero-order valence-electron chi connectivity index (χ0n) is 8.97. The molecular weight excluding hydrogens is 231 g/mol. The summed E-state index contributed by atoms with van der Waals surface area (Å²) >= 11 is 5.66. The van der Waals surface area contributed by atoms with Crippen LogP contribution in [0.15, 0.2) is 18.2 Å². The summed E-state index contributed by atoms with van der Waals surface area (Å²) in [6.45, 7) is 2.21. The molecule has 0 aliphatic carbocycles. The molecule has 1 amide bonds. The molecule has 1 aromatic rings. The molecule has 0 radical (unpaired) electrons. The fraction of sp³-hybridized carbons (Fsp3) is 0.364. The van der Waals surface area contributed by atoms with Crippen molar-refractivity contribution in [1.29, 1.82) is 0 Å². The minimum Gasteiger partial charge on any atom is -0.330 e. The molecule has 0 saturated carbocycles. The van der Waals surface area contributed by atoms with Crippen LogP contribution in [0.2, 0.25) is 5.02 Å². The Morgan fingerprint density at radius 3 is 2.81 bits per heavy atom. The monoisotopic (exact) mass is 244 g/mol. The predicted octanol–water partition coefficient (Wildman–Crippen LogP) is 2.40. The van der Waals surface area contributed by atoms with Crippen LogP contribution in [-0.4, -0.2) is 12.5 Å². The first-order valence-electron chi connectivity index (χ1n) is 5.00. The lowest BCUT2D eigenvalue weighted by molar-refractivity contribution is -0.119. The zero-order valence-corrected chi connectivity index (χ0v) is 9.72. The van der Waals surface area contributed by atoms with E-state index in [0.29, 0.717) is 18.7 Å². The third-order valence-corrected chi connectivity index (χ3v) is 2.40. The van der Waals surface area contributed by atoms with Gasteiger partial charge in [0.2, 0.25) is 5.91 Å². The van der Waals surface area contributed by atoms with E-state index in [-0.39, 0.29) is 16.8 Å². The van der Waals surface area contributed by atoms with Crippen LogP contribution >= 0.6 is 11.6 Å². The van der Waals surface area contributed by atoms with Gasteiger partial charge in [0.05, 0.1) is 0 Å². The van der Waals surface area contributed by atoms with Crippen molar-refractivity contribution in [3.63, 3.8) is 0 Å². The van der Waals surface area contributed by atoms with Gasteiger partial charge in [-0.1, -0.05) is 18.5 Å². The maximum Gasteiger partial charge on any atom is 0.227 e. The van der Waals surface area contributed by atoms with Crippen LogP contribution in [0, 0.1) is 11.7 Å². The number of rotatable bonds is 4. The van der Waals surface area contributed by atoms with E-state index in [1.165, 1.54) is 18.2 Å². The van der Waals surface area contributed by atoms with Gasteiger partial charge in [-0.3, -0.25) is 4.79 Å². The van der Waals surface area contributed by atoms with Crippen LogP contribution in [-0.2, 0) is 4.79 Å². The first-order valence-corrected chi connectivity index (χ1v) is 5.37. The second-order valence-electron chi connectivity index (χ2n) is 3.63. The number of carbonyl (C=O) groups is 1. The number of halogens is 2. The summed E-state index contributed by atoms with van der Waals surface area (Å²) in [7, 11) is 0. The third kappa shape index (κ3) is 3.79. The Morgan fingerprint density at radius 1 is 1.56 bits per heavy atom. The second-order valence-corrected chi connectivity index (χ2v) is 4.06. The van der Waals surface area contributed by atoms with E-state index < -0.39 is 5.82 Å². The van der Waals surface area contributed by atoms with Crippen LogP contribution in [0.1, 0.15) is 13.3 Å². The maximum atomic E-state index is 13.0. The summed E-state index contributed by atoms with van der Waals surface area (Å²) in [5, 5.41) is 2.84. The average molecular weight is 245 g/mol. The fourth-order valence-corrected chi connectivity index (χ4v) is 1.49. The van der Waals surface area contributed by atoms with Gasteiger partial charge in [-0.15, -0.1) is 0 Å². The third-order valence-electron chi connectivity index (χ3n) is 2.18. The van der Waals surface area contributed by atoms with Crippen LogP contribution in [0.4, 0.5) is 10.1 Å². The molecule has 0 aliphatic rings. The molecular formula is C11H14ClFN2O. The lowest BCUT2D eigenvalue weighted by atomic mass is 10.1. The highest BCUT2D eigenvalue weighted by Gasteiger charge is 2.12. The maximum absolute atomic E-state index is 13.0. The van der Waals surface area contributed by atoms with Crippen molar-refractivity contribution in [2.45, 2.75) is 13.3 Å². The van der Waals surface area contributed by atoms with E-state index in [1.54, 1.807) is 6.92 Å². The first-order chi connectivity index (χ1) is 7.52. The Labute approximate surface area is 98.8 Å². The molecule has 1 aromatic carbocycles. The van der Waals surface area contributed by atoms with E-state index >= 15 is 0 Å². The summed E-state index contributed by atoms with van der Waals surface area (Å²) in [6, 6.07) is 3.90. The van der Waals surface area contributed by atoms with E-state index in [9.17, 15) is 9.18 Å². The van der Waals surface area contributed by atoms with Gasteiger partial charge in [-0.25, -0.2) is 4.39 Å². The molecule has 1 rings (SSSR count). The number of hydrogen-bond acceptors (Lipinski definition) is 2. The summed E-state index contributed by atoms with van der Waals surface area (Å²) < 4.78 is 13.0. The van der Waals surface area contributed by atoms with Crippen molar-refractivity contribution in [3.8, 4) is 0 Å². The van der Waals surface area contributed by atoms with Gasteiger partial charge in [-0.05, 0) is 31.2 Å². The van der Waals surface area contributed by atoms with Crippen molar-refractivity contribution in [1.82, 2.24) is 0 Å². The number of carbonyl (C=O) groups excluding carboxylic acids is 1. The molecule has 5 heteroatoms. The lowest BCUT2D eigenvalue weighted by Gasteiger charge is -2.11. The van der Waals surface area contributed by atoms with Crippen LogP contribution in [0.5, 0.6) is 0 Å². The van der Waals surface area contributed by atoms with Crippen molar-refractivity contribution in [2.24, 2.45) is 11.7 Å². The van der Waals surface area contributed by atoms with Gasteiger partial charge < -0.3 is 11.1 Å². The van der Waals surface area contributed by atoms with Crippen LogP contribution in [0.25, 0.3) is 0 Å². The second kappa shape index (κ2) is 5.82. The molecule has 16 heavy (non-hydrogen) atoms. The SMILES string of the molecule is CC(CCN)C(=O)Nc1cc(F)cc(Cl)c1. The van der Waals surface area contributed by atoms with Gasteiger partial charge in [0.25, 0.3) is 0 Å². The summed E-state index contributed by atoms with van der Waals surface area (Å²) in [5.74, 6) is -0.867. The quantitative estimate of drug-likeness (QED) is 0.855. The van der Waals surface area contributed by atoms with E-state index in [4.69, 9.17) is 17.3 Å². The Morgan fingerprint density at radius 2 is 2.25 bits per heavy atom. The molecule has 1 atom stereocenters. The standard InChI is InChI=1S/C11H14ClFN2O/c1-7(2-3-14)11(16)15-10-5-8(12)4-9(13)6-10/h4-7H,2-3,14H2,1H3,(H,15,16). The summed E-state index contributed by atoms with van der Waals surface area (Å²) in [5.41, 5.74) is 5.71. The van der Waals surface area contributed by atoms with Crippen molar-refractivity contribution in [3.05, 3.63) is 29.0 Å². The van der Waals surface area contributed by atoms with E-state index in [1.807, 2.05) is 0 Å². The number of nitrogens with two attached hydrogens (primary N) is 1. The molecule has 0 saturated heterocycles. The Bertz CT molecular complexity index is 364. The van der Waals surface area contributed by atoms with Gasteiger partial charge in [0.15, 0.2) is 0 Å². The Hall–Kier alpha value is -1.13. The van der Waals surface area contributed by atoms with Gasteiger partial charge >= 0.3 is 0 Å². The normalized spacial score (nSPS) is 12.2. The summed E-state index contributed by atoms with van der Waals surface area (Å²) in [6.07, 6.45) is 0.592. The molecule has 0 aliphatic heterocycles. The highest BCUT2D eigenvalue weighted by Crippen LogP contribution is 2.18. The molecule has 0 fully saturated rings. The highest BCUT2D eigenvalue weighted by molar-refractivity contribution is 6.30. The highest BCUT2D eigenvalue weighted by atomic mass is 35.5. The Balaban J connectivity index is 2.69. The predicted molar refractivity (Wildman–Crippen MR) is 62.9 cm³/mol. The van der Waals surface area contributed by atoms with Gasteiger partial charge in [0, 0.05) is 16.6 Å². The smallest absolute Gasteiger partial charge is 0.227 e. The number of nitrogens with one attached hydrogen (secondary N) is 1. The molecule has 0 heterocycles. The van der Waals surface area contributed by atoms with E-state index in [0.717, 1.165) is 0 Å². The van der Waals surface area contributed by atoms with Crippen molar-refractivity contribution in [2.75, 3.05) is 11.9 Å². The molecule has 0 bridgehead atoms. The number of anilines is 1. The minimum absolute atomic E-state index is 0.188. The van der Waals surface area contributed by atoms with Gasteiger partial charge in [0.1, 0.15) is 5.82 Å². The fourth-order valence-electron chi connectivity index (χ4n) is 1.27. The zero-order chi connectivity index (χ0) is 12.1. The molecule has 3 nitrogen and oxygen atoms in total. The number of benzene rings is 1. The lowest BCUT2D eigenvalue weighted by Crippen LogP contribution is -2.22. The van der Waals surface area contributed by atoms with Crippen LogP contribution in [0.3, 0.4) is 0 Å². The largest absolute Gasteiger partial charge is 0.330 e. The van der Waals surface area contributed by atoms with Crippen molar-refractivity contribution < 1.29 is 9.18 Å². The number of hydrogen-bond donors (Lipinski definition) is 2. The molecule has 0 aromatic heterocycles.